The van der Waals surface area contributed by atoms with Gasteiger partial charge in [-0.05, 0) is 43.9 Å². The second kappa shape index (κ2) is 6.27. The van der Waals surface area contributed by atoms with Crippen LogP contribution in [0.15, 0.2) is 24.3 Å². The molecule has 0 spiro atoms. The Hall–Kier alpha value is -0.870. The topological polar surface area (TPSA) is 46.2 Å². The molecule has 1 aromatic carbocycles. The summed E-state index contributed by atoms with van der Waals surface area (Å²) in [4.78, 5) is 0. The van der Waals surface area contributed by atoms with E-state index in [1.165, 1.54) is 5.56 Å². The number of hydrogen-bond donors (Lipinski definition) is 1. The summed E-state index contributed by atoms with van der Waals surface area (Å²) >= 11 is 0. The van der Waals surface area contributed by atoms with Crippen molar-refractivity contribution in [1.82, 2.24) is 5.32 Å². The summed E-state index contributed by atoms with van der Waals surface area (Å²) in [6.45, 7) is 6.59. The average molecular weight is 295 g/mol. The van der Waals surface area contributed by atoms with E-state index >= 15 is 0 Å². The molecule has 3 atom stereocenters. The highest BCUT2D eigenvalue weighted by molar-refractivity contribution is 7.92. The van der Waals surface area contributed by atoms with Gasteiger partial charge in [-0.15, -0.1) is 0 Å². The highest BCUT2D eigenvalue weighted by atomic mass is 32.2. The molecule has 4 heteroatoms. The van der Waals surface area contributed by atoms with Crippen LogP contribution in [0.3, 0.4) is 0 Å². The molecule has 3 nitrogen and oxygen atoms in total. The number of sulfone groups is 1. The van der Waals surface area contributed by atoms with Crippen molar-refractivity contribution in [3.05, 3.63) is 35.4 Å². The van der Waals surface area contributed by atoms with Crippen LogP contribution in [-0.2, 0) is 16.3 Å². The smallest absolute Gasteiger partial charge is 0.157 e. The predicted molar refractivity (Wildman–Crippen MR) is 83.6 cm³/mol. The van der Waals surface area contributed by atoms with E-state index in [2.05, 4.69) is 17.4 Å². The van der Waals surface area contributed by atoms with Gasteiger partial charge in [-0.3, -0.25) is 0 Å². The van der Waals surface area contributed by atoms with Crippen molar-refractivity contribution < 1.29 is 8.42 Å². The predicted octanol–water partition coefficient (Wildman–Crippen LogP) is 2.87. The van der Waals surface area contributed by atoms with Crippen molar-refractivity contribution in [2.45, 2.75) is 56.6 Å². The standard InChI is InChI=1S/C16H25NO2S/c1-4-12(3)20(18,19)15-11-10-13-8-6-7-9-14(13)16(15)17-5-2/h6-9,12,15-17H,4-5,10-11H2,1-3H3. The molecule has 3 unspecified atom stereocenters. The van der Waals surface area contributed by atoms with Gasteiger partial charge in [0.15, 0.2) is 9.84 Å². The van der Waals surface area contributed by atoms with Gasteiger partial charge in [-0.25, -0.2) is 8.42 Å². The minimum Gasteiger partial charge on any atom is -0.309 e. The molecule has 0 saturated heterocycles. The highest BCUT2D eigenvalue weighted by Gasteiger charge is 2.39. The van der Waals surface area contributed by atoms with Crippen LogP contribution in [0.4, 0.5) is 0 Å². The third-order valence-corrected chi connectivity index (χ3v) is 7.25. The molecule has 0 radical (unpaired) electrons. The van der Waals surface area contributed by atoms with Crippen LogP contribution in [0.1, 0.15) is 50.8 Å². The third-order valence-electron chi connectivity index (χ3n) is 4.44. The summed E-state index contributed by atoms with van der Waals surface area (Å²) in [5.41, 5.74) is 2.45. The van der Waals surface area contributed by atoms with E-state index in [1.54, 1.807) is 0 Å². The second-order valence-corrected chi connectivity index (χ2v) is 8.21. The van der Waals surface area contributed by atoms with E-state index in [1.807, 2.05) is 32.9 Å². The van der Waals surface area contributed by atoms with Crippen molar-refractivity contribution in [3.8, 4) is 0 Å². The highest BCUT2D eigenvalue weighted by Crippen LogP contribution is 2.35. The first-order valence-electron chi connectivity index (χ1n) is 7.56. The van der Waals surface area contributed by atoms with Gasteiger partial charge >= 0.3 is 0 Å². The van der Waals surface area contributed by atoms with Crippen LogP contribution in [0.25, 0.3) is 0 Å². The van der Waals surface area contributed by atoms with Crippen molar-refractivity contribution in [1.29, 1.82) is 0 Å². The molecular weight excluding hydrogens is 270 g/mol. The van der Waals surface area contributed by atoms with Crippen LogP contribution in [0, 0.1) is 0 Å². The molecule has 0 aromatic heterocycles. The minimum absolute atomic E-state index is 0.0658. The van der Waals surface area contributed by atoms with Gasteiger partial charge in [0.05, 0.1) is 10.5 Å². The molecule has 0 heterocycles. The Morgan fingerprint density at radius 2 is 2.00 bits per heavy atom. The maximum Gasteiger partial charge on any atom is 0.157 e. The summed E-state index contributed by atoms with van der Waals surface area (Å²) in [5.74, 6) is 0. The molecule has 0 fully saturated rings. The maximum atomic E-state index is 12.8. The Morgan fingerprint density at radius 1 is 1.30 bits per heavy atom. The number of fused-ring (bicyclic) bond motifs is 1. The van der Waals surface area contributed by atoms with E-state index in [0.29, 0.717) is 6.42 Å². The second-order valence-electron chi connectivity index (χ2n) is 5.62. The molecule has 1 aromatic rings. The molecule has 0 amide bonds. The van der Waals surface area contributed by atoms with Gasteiger partial charge in [-0.1, -0.05) is 38.1 Å². The van der Waals surface area contributed by atoms with E-state index in [0.717, 1.165) is 24.9 Å². The first kappa shape index (κ1) is 15.5. The fourth-order valence-corrected chi connectivity index (χ4v) is 5.21. The number of benzene rings is 1. The van der Waals surface area contributed by atoms with Crippen LogP contribution in [0.2, 0.25) is 0 Å². The fourth-order valence-electron chi connectivity index (χ4n) is 3.08. The quantitative estimate of drug-likeness (QED) is 0.908. The molecule has 0 bridgehead atoms. The molecule has 20 heavy (non-hydrogen) atoms. The molecule has 0 aliphatic heterocycles. The Morgan fingerprint density at radius 3 is 2.65 bits per heavy atom. The summed E-state index contributed by atoms with van der Waals surface area (Å²) in [7, 11) is -3.09. The zero-order valence-electron chi connectivity index (χ0n) is 12.6. The Bertz CT molecular complexity index is 553. The Kier molecular flexibility index (Phi) is 4.86. The third kappa shape index (κ3) is 2.77. The Labute approximate surface area is 122 Å². The fraction of sp³-hybridized carbons (Fsp3) is 0.625. The van der Waals surface area contributed by atoms with Gasteiger partial charge in [0.2, 0.25) is 0 Å². The van der Waals surface area contributed by atoms with Crippen LogP contribution in [-0.4, -0.2) is 25.5 Å². The molecule has 112 valence electrons. The van der Waals surface area contributed by atoms with Gasteiger partial charge in [0.25, 0.3) is 0 Å². The van der Waals surface area contributed by atoms with Crippen LogP contribution in [0.5, 0.6) is 0 Å². The van der Waals surface area contributed by atoms with Crippen molar-refractivity contribution >= 4 is 9.84 Å². The van der Waals surface area contributed by atoms with Gasteiger partial charge in [0.1, 0.15) is 0 Å². The summed E-state index contributed by atoms with van der Waals surface area (Å²) in [6, 6.07) is 8.16. The SMILES string of the molecule is CCNC1c2ccccc2CCC1S(=O)(=O)C(C)CC. The molecule has 1 aliphatic rings. The van der Waals surface area contributed by atoms with Gasteiger partial charge in [0, 0.05) is 6.04 Å². The average Bonchev–Trinajstić information content (AvgIpc) is 2.46. The van der Waals surface area contributed by atoms with Gasteiger partial charge < -0.3 is 5.32 Å². The van der Waals surface area contributed by atoms with Gasteiger partial charge in [-0.2, -0.15) is 0 Å². The lowest BCUT2D eigenvalue weighted by atomic mass is 9.87. The van der Waals surface area contributed by atoms with Crippen LogP contribution < -0.4 is 5.32 Å². The summed E-state index contributed by atoms with van der Waals surface area (Å²) in [5, 5.41) is 2.83. The number of hydrogen-bond acceptors (Lipinski definition) is 3. The monoisotopic (exact) mass is 295 g/mol. The molecule has 0 saturated carbocycles. The number of nitrogens with one attached hydrogen (secondary N) is 1. The molecule has 2 rings (SSSR count). The van der Waals surface area contributed by atoms with Crippen molar-refractivity contribution in [3.63, 3.8) is 0 Å². The zero-order chi connectivity index (χ0) is 14.8. The lowest BCUT2D eigenvalue weighted by Crippen LogP contribution is -2.43. The first-order chi connectivity index (χ1) is 9.52. The molecular formula is C16H25NO2S. The van der Waals surface area contributed by atoms with E-state index < -0.39 is 9.84 Å². The number of aryl methyl sites for hydroxylation is 1. The lowest BCUT2D eigenvalue weighted by Gasteiger charge is -2.35. The van der Waals surface area contributed by atoms with E-state index in [4.69, 9.17) is 0 Å². The Balaban J connectivity index is 2.41. The first-order valence-corrected chi connectivity index (χ1v) is 9.17. The lowest BCUT2D eigenvalue weighted by molar-refractivity contribution is 0.452. The van der Waals surface area contributed by atoms with E-state index in [9.17, 15) is 8.42 Å². The zero-order valence-corrected chi connectivity index (χ0v) is 13.4. The maximum absolute atomic E-state index is 12.8. The largest absolute Gasteiger partial charge is 0.309 e. The minimum atomic E-state index is -3.09. The van der Waals surface area contributed by atoms with Crippen molar-refractivity contribution in [2.24, 2.45) is 0 Å². The number of rotatable bonds is 5. The van der Waals surface area contributed by atoms with Crippen LogP contribution >= 0.6 is 0 Å². The summed E-state index contributed by atoms with van der Waals surface area (Å²) in [6.07, 6.45) is 2.26. The van der Waals surface area contributed by atoms with E-state index in [-0.39, 0.29) is 16.5 Å². The molecule has 1 aliphatic carbocycles. The summed E-state index contributed by atoms with van der Waals surface area (Å²) < 4.78 is 25.5. The van der Waals surface area contributed by atoms with Crippen molar-refractivity contribution in [2.75, 3.05) is 6.54 Å². The normalized spacial score (nSPS) is 24.1. The molecule has 1 N–H and O–H groups in total.